The van der Waals surface area contributed by atoms with E-state index in [1.807, 2.05) is 13.1 Å². The molecule has 0 spiro atoms. The average molecular weight is 215 g/mol. The zero-order valence-electron chi connectivity index (χ0n) is 10.7. The van der Waals surface area contributed by atoms with Crippen LogP contribution in [0, 0.1) is 12.8 Å². The van der Waals surface area contributed by atoms with Gasteiger partial charge in [0.15, 0.2) is 0 Å². The standard InChI is InChI=1S/C15H21N/c1-5-12(3)11-16-15(6-2)14-9-7-13(4)8-10-14/h6-12H,5H2,1-4H3/b15-6-,16-11?. The molecule has 0 heterocycles. The minimum absolute atomic E-state index is 0.542. The number of hydrogen-bond acceptors (Lipinski definition) is 1. The third kappa shape index (κ3) is 3.65. The van der Waals surface area contributed by atoms with E-state index in [2.05, 4.69) is 56.1 Å². The summed E-state index contributed by atoms with van der Waals surface area (Å²) in [7, 11) is 0. The highest BCUT2D eigenvalue weighted by Gasteiger charge is 1.98. The number of hydrogen-bond donors (Lipinski definition) is 0. The van der Waals surface area contributed by atoms with Gasteiger partial charge in [0.25, 0.3) is 0 Å². The smallest absolute Gasteiger partial charge is 0.0655 e. The van der Waals surface area contributed by atoms with Gasteiger partial charge in [0.05, 0.1) is 5.70 Å². The fraction of sp³-hybridized carbons (Fsp3) is 0.400. The lowest BCUT2D eigenvalue weighted by Gasteiger charge is -2.04. The molecular formula is C15H21N. The molecule has 0 fully saturated rings. The summed E-state index contributed by atoms with van der Waals surface area (Å²) in [5, 5.41) is 0. The molecule has 86 valence electrons. The molecule has 0 amide bonds. The molecule has 0 N–H and O–H groups in total. The zero-order chi connectivity index (χ0) is 12.0. The molecule has 1 aromatic carbocycles. The molecule has 1 unspecified atom stereocenters. The number of aryl methyl sites for hydroxylation is 1. The maximum atomic E-state index is 4.55. The van der Waals surface area contributed by atoms with Crippen molar-refractivity contribution in [3.05, 3.63) is 41.5 Å². The van der Waals surface area contributed by atoms with Crippen molar-refractivity contribution in [1.29, 1.82) is 0 Å². The van der Waals surface area contributed by atoms with Gasteiger partial charge in [0.1, 0.15) is 0 Å². The van der Waals surface area contributed by atoms with Crippen molar-refractivity contribution in [3.63, 3.8) is 0 Å². The minimum Gasteiger partial charge on any atom is -0.261 e. The Bertz CT molecular complexity index is 371. The maximum absolute atomic E-state index is 4.55. The first kappa shape index (κ1) is 12.7. The summed E-state index contributed by atoms with van der Waals surface area (Å²) in [6.45, 7) is 8.49. The maximum Gasteiger partial charge on any atom is 0.0655 e. The first-order chi connectivity index (χ1) is 7.67. The van der Waals surface area contributed by atoms with E-state index in [0.29, 0.717) is 5.92 Å². The van der Waals surface area contributed by atoms with Crippen LogP contribution in [-0.4, -0.2) is 6.21 Å². The van der Waals surface area contributed by atoms with E-state index in [0.717, 1.165) is 12.1 Å². The van der Waals surface area contributed by atoms with E-state index < -0.39 is 0 Å². The topological polar surface area (TPSA) is 12.4 Å². The van der Waals surface area contributed by atoms with Gasteiger partial charge in [-0.1, -0.05) is 49.8 Å². The molecule has 1 rings (SSSR count). The lowest BCUT2D eigenvalue weighted by atomic mass is 10.1. The van der Waals surface area contributed by atoms with E-state index in [4.69, 9.17) is 0 Å². The van der Waals surface area contributed by atoms with Crippen molar-refractivity contribution in [2.45, 2.75) is 34.1 Å². The molecular weight excluding hydrogens is 194 g/mol. The van der Waals surface area contributed by atoms with Gasteiger partial charge >= 0.3 is 0 Å². The van der Waals surface area contributed by atoms with Crippen LogP contribution < -0.4 is 0 Å². The Hall–Kier alpha value is -1.37. The second-order valence-corrected chi connectivity index (χ2v) is 4.20. The highest BCUT2D eigenvalue weighted by molar-refractivity contribution is 5.74. The predicted octanol–water partition coefficient (Wildman–Crippen LogP) is 4.47. The molecule has 0 saturated carbocycles. The van der Waals surface area contributed by atoms with Crippen LogP contribution >= 0.6 is 0 Å². The molecule has 16 heavy (non-hydrogen) atoms. The number of rotatable bonds is 4. The van der Waals surface area contributed by atoms with Gasteiger partial charge in [-0.3, -0.25) is 4.99 Å². The van der Waals surface area contributed by atoms with Crippen LogP contribution in [0.1, 0.15) is 38.3 Å². The van der Waals surface area contributed by atoms with E-state index in [9.17, 15) is 0 Å². The van der Waals surface area contributed by atoms with Gasteiger partial charge < -0.3 is 0 Å². The summed E-state index contributed by atoms with van der Waals surface area (Å²) in [6.07, 6.45) is 5.23. The highest BCUT2D eigenvalue weighted by atomic mass is 14.7. The SMILES string of the molecule is C/C=C(\N=CC(C)CC)c1ccc(C)cc1. The van der Waals surface area contributed by atoms with Crippen molar-refractivity contribution < 1.29 is 0 Å². The molecule has 0 radical (unpaired) electrons. The molecule has 0 aliphatic rings. The van der Waals surface area contributed by atoms with Gasteiger partial charge in [-0.25, -0.2) is 0 Å². The van der Waals surface area contributed by atoms with Crippen LogP contribution in [0.15, 0.2) is 35.3 Å². The van der Waals surface area contributed by atoms with Gasteiger partial charge in [0.2, 0.25) is 0 Å². The first-order valence-electron chi connectivity index (χ1n) is 5.95. The van der Waals surface area contributed by atoms with Crippen molar-refractivity contribution in [3.8, 4) is 0 Å². The van der Waals surface area contributed by atoms with E-state index in [-0.39, 0.29) is 0 Å². The summed E-state index contributed by atoms with van der Waals surface area (Å²) in [6, 6.07) is 8.49. The van der Waals surface area contributed by atoms with Crippen molar-refractivity contribution in [1.82, 2.24) is 0 Å². The molecule has 1 heteroatoms. The largest absolute Gasteiger partial charge is 0.261 e. The predicted molar refractivity (Wildman–Crippen MR) is 72.8 cm³/mol. The van der Waals surface area contributed by atoms with Gasteiger partial charge in [-0.15, -0.1) is 0 Å². The van der Waals surface area contributed by atoms with E-state index in [1.54, 1.807) is 0 Å². The molecule has 0 aliphatic carbocycles. The van der Waals surface area contributed by atoms with E-state index >= 15 is 0 Å². The molecule has 1 aromatic rings. The van der Waals surface area contributed by atoms with Crippen molar-refractivity contribution >= 4 is 11.9 Å². The number of benzene rings is 1. The Kier molecular flexibility index (Phi) is 4.97. The molecule has 0 aliphatic heterocycles. The second kappa shape index (κ2) is 6.26. The van der Waals surface area contributed by atoms with Crippen molar-refractivity contribution in [2.75, 3.05) is 0 Å². The molecule has 0 aromatic heterocycles. The number of nitrogens with zero attached hydrogens (tertiary/aromatic N) is 1. The normalized spacial score (nSPS) is 14.4. The van der Waals surface area contributed by atoms with Gasteiger partial charge in [0, 0.05) is 6.21 Å². The summed E-state index contributed by atoms with van der Waals surface area (Å²) in [5.74, 6) is 0.542. The Balaban J connectivity index is 2.84. The Labute approximate surface area is 98.9 Å². The van der Waals surface area contributed by atoms with Crippen LogP contribution in [0.4, 0.5) is 0 Å². The fourth-order valence-corrected chi connectivity index (χ4v) is 1.35. The first-order valence-corrected chi connectivity index (χ1v) is 5.95. The summed E-state index contributed by atoms with van der Waals surface area (Å²) in [5.41, 5.74) is 3.53. The van der Waals surface area contributed by atoms with Crippen LogP contribution in [0.25, 0.3) is 5.70 Å². The lowest BCUT2D eigenvalue weighted by molar-refractivity contribution is 0.755. The summed E-state index contributed by atoms with van der Waals surface area (Å²) >= 11 is 0. The van der Waals surface area contributed by atoms with Crippen LogP contribution in [0.3, 0.4) is 0 Å². The lowest BCUT2D eigenvalue weighted by Crippen LogP contribution is -1.93. The number of allylic oxidation sites excluding steroid dienone is 1. The van der Waals surface area contributed by atoms with Crippen molar-refractivity contribution in [2.24, 2.45) is 10.9 Å². The summed E-state index contributed by atoms with van der Waals surface area (Å²) in [4.78, 5) is 4.55. The quantitative estimate of drug-likeness (QED) is 0.657. The van der Waals surface area contributed by atoms with Crippen LogP contribution in [0.2, 0.25) is 0 Å². The fourth-order valence-electron chi connectivity index (χ4n) is 1.35. The molecule has 1 nitrogen and oxygen atoms in total. The molecule has 0 bridgehead atoms. The second-order valence-electron chi connectivity index (χ2n) is 4.20. The van der Waals surface area contributed by atoms with E-state index in [1.165, 1.54) is 11.1 Å². The highest BCUT2D eigenvalue weighted by Crippen LogP contribution is 2.16. The minimum atomic E-state index is 0.542. The molecule has 0 saturated heterocycles. The summed E-state index contributed by atoms with van der Waals surface area (Å²) < 4.78 is 0. The zero-order valence-corrected chi connectivity index (χ0v) is 10.7. The monoisotopic (exact) mass is 215 g/mol. The third-order valence-electron chi connectivity index (χ3n) is 2.73. The van der Waals surface area contributed by atoms with Crippen LogP contribution in [-0.2, 0) is 0 Å². The Morgan fingerprint density at radius 2 is 1.94 bits per heavy atom. The van der Waals surface area contributed by atoms with Gasteiger partial charge in [-0.2, -0.15) is 0 Å². The molecule has 1 atom stereocenters. The van der Waals surface area contributed by atoms with Crippen LogP contribution in [0.5, 0.6) is 0 Å². The Morgan fingerprint density at radius 3 is 2.44 bits per heavy atom. The third-order valence-corrected chi connectivity index (χ3v) is 2.73. The Morgan fingerprint density at radius 1 is 1.31 bits per heavy atom. The number of aliphatic imine (C=N–C) groups is 1. The average Bonchev–Trinajstić information content (AvgIpc) is 2.31. The van der Waals surface area contributed by atoms with Gasteiger partial charge in [-0.05, 0) is 31.7 Å².